The molecular formula is C22H31N5O2. The normalized spacial score (nSPS) is 12.0. The summed E-state index contributed by atoms with van der Waals surface area (Å²) in [5.41, 5.74) is 8.47. The zero-order valence-electron chi connectivity index (χ0n) is 17.8. The molecule has 7 nitrogen and oxygen atoms in total. The van der Waals surface area contributed by atoms with Crippen molar-refractivity contribution in [3.63, 3.8) is 0 Å². The number of nitrogens with one attached hydrogen (secondary N) is 1. The molecule has 7 heteroatoms. The first-order chi connectivity index (χ1) is 13.8. The second-order valence-electron chi connectivity index (χ2n) is 8.21. The number of nitrogen functional groups attached to an aromatic ring is 1. The molecule has 0 saturated heterocycles. The Labute approximate surface area is 171 Å². The lowest BCUT2D eigenvalue weighted by Gasteiger charge is -2.19. The van der Waals surface area contributed by atoms with Crippen molar-refractivity contribution >= 4 is 33.7 Å². The number of aromatic nitrogens is 3. The molecule has 0 unspecified atom stereocenters. The molecule has 3 aromatic rings. The minimum Gasteiger partial charge on any atom is -0.459 e. The summed E-state index contributed by atoms with van der Waals surface area (Å²) < 4.78 is 7.57. The lowest BCUT2D eigenvalue weighted by Crippen LogP contribution is -2.31. The number of pyridine rings is 1. The van der Waals surface area contributed by atoms with Gasteiger partial charge in [0, 0.05) is 18.4 Å². The Morgan fingerprint density at radius 2 is 1.97 bits per heavy atom. The number of para-hydroxylation sites is 1. The van der Waals surface area contributed by atoms with Crippen LogP contribution >= 0.6 is 0 Å². The maximum atomic E-state index is 11.7. The van der Waals surface area contributed by atoms with Crippen LogP contribution in [0.25, 0.3) is 21.9 Å². The zero-order chi connectivity index (χ0) is 21.0. The summed E-state index contributed by atoms with van der Waals surface area (Å²) in [6.45, 7) is 9.57. The number of rotatable bonds is 8. The van der Waals surface area contributed by atoms with Gasteiger partial charge in [-0.15, -0.1) is 0 Å². The van der Waals surface area contributed by atoms with Gasteiger partial charge in [0.25, 0.3) is 0 Å². The van der Waals surface area contributed by atoms with Crippen molar-refractivity contribution in [1.29, 1.82) is 0 Å². The van der Waals surface area contributed by atoms with Gasteiger partial charge in [-0.05, 0) is 46.2 Å². The van der Waals surface area contributed by atoms with Gasteiger partial charge in [-0.2, -0.15) is 0 Å². The molecule has 1 aromatic carbocycles. The van der Waals surface area contributed by atoms with Gasteiger partial charge in [0.1, 0.15) is 16.9 Å². The molecule has 0 bridgehead atoms. The number of esters is 1. The topological polar surface area (TPSA) is 95.1 Å². The predicted molar refractivity (Wildman–Crippen MR) is 117 cm³/mol. The molecule has 0 radical (unpaired) electrons. The smallest absolute Gasteiger partial charge is 0.320 e. The van der Waals surface area contributed by atoms with Crippen LogP contribution in [0.3, 0.4) is 0 Å². The van der Waals surface area contributed by atoms with Crippen molar-refractivity contribution in [1.82, 2.24) is 19.9 Å². The molecule has 0 saturated carbocycles. The number of hydrogen-bond donors (Lipinski definition) is 2. The summed E-state index contributed by atoms with van der Waals surface area (Å²) in [5.74, 6) is 1.28. The van der Waals surface area contributed by atoms with E-state index < -0.39 is 5.60 Å². The van der Waals surface area contributed by atoms with E-state index in [0.29, 0.717) is 5.82 Å². The Morgan fingerprint density at radius 1 is 1.21 bits per heavy atom. The summed E-state index contributed by atoms with van der Waals surface area (Å²) >= 11 is 0. The first-order valence-corrected chi connectivity index (χ1v) is 10.3. The van der Waals surface area contributed by atoms with Crippen LogP contribution in [0, 0.1) is 0 Å². The molecule has 2 aromatic heterocycles. The largest absolute Gasteiger partial charge is 0.459 e. The quantitative estimate of drug-likeness (QED) is 0.447. The number of benzene rings is 1. The van der Waals surface area contributed by atoms with Crippen LogP contribution < -0.4 is 11.1 Å². The van der Waals surface area contributed by atoms with Gasteiger partial charge in [0.15, 0.2) is 5.82 Å². The van der Waals surface area contributed by atoms with E-state index in [2.05, 4.69) is 27.9 Å². The number of nitrogens with zero attached hydrogens (tertiary/aromatic N) is 3. The maximum Gasteiger partial charge on any atom is 0.320 e. The Balaban J connectivity index is 1.65. The number of carbonyl (C=O) groups excluding carboxylic acids is 1. The van der Waals surface area contributed by atoms with Gasteiger partial charge < -0.3 is 20.4 Å². The van der Waals surface area contributed by atoms with Crippen LogP contribution in [-0.4, -0.2) is 39.2 Å². The molecule has 0 atom stereocenters. The Morgan fingerprint density at radius 3 is 2.69 bits per heavy atom. The Bertz CT molecular complexity index is 1000. The van der Waals surface area contributed by atoms with Gasteiger partial charge in [-0.1, -0.05) is 25.1 Å². The number of hydrogen-bond acceptors (Lipinski definition) is 6. The SMILES string of the molecule is CCc1nc2c(N)nc3ccccc3c2n1CCCCNCC(=O)OC(C)(C)C. The molecule has 0 spiro atoms. The molecule has 0 aliphatic rings. The highest BCUT2D eigenvalue weighted by Crippen LogP contribution is 2.29. The molecule has 3 rings (SSSR count). The fourth-order valence-corrected chi connectivity index (χ4v) is 3.50. The van der Waals surface area contributed by atoms with E-state index in [1.807, 2.05) is 39.0 Å². The third kappa shape index (κ3) is 5.03. The standard InChI is InChI=1S/C22H31N5O2/c1-5-17-26-19-20(15-10-6-7-11-16(15)25-21(19)23)27(17)13-9-8-12-24-14-18(28)29-22(2,3)4/h6-7,10-11,24H,5,8-9,12-14H2,1-4H3,(H2,23,25). The van der Waals surface area contributed by atoms with Gasteiger partial charge in [0.05, 0.1) is 17.6 Å². The van der Waals surface area contributed by atoms with E-state index in [9.17, 15) is 4.79 Å². The van der Waals surface area contributed by atoms with Crippen molar-refractivity contribution in [2.24, 2.45) is 0 Å². The fourth-order valence-electron chi connectivity index (χ4n) is 3.50. The van der Waals surface area contributed by atoms with Gasteiger partial charge >= 0.3 is 5.97 Å². The van der Waals surface area contributed by atoms with Crippen LogP contribution in [0.5, 0.6) is 0 Å². The number of imidazole rings is 1. The average molecular weight is 398 g/mol. The summed E-state index contributed by atoms with van der Waals surface area (Å²) in [7, 11) is 0. The summed E-state index contributed by atoms with van der Waals surface area (Å²) in [5, 5.41) is 4.24. The molecule has 0 amide bonds. The monoisotopic (exact) mass is 397 g/mol. The maximum absolute atomic E-state index is 11.7. The molecule has 0 fully saturated rings. The van der Waals surface area contributed by atoms with E-state index in [0.717, 1.165) is 60.1 Å². The van der Waals surface area contributed by atoms with E-state index >= 15 is 0 Å². The van der Waals surface area contributed by atoms with Crippen molar-refractivity contribution in [2.75, 3.05) is 18.8 Å². The van der Waals surface area contributed by atoms with Crippen molar-refractivity contribution in [3.05, 3.63) is 30.1 Å². The van der Waals surface area contributed by atoms with Crippen LogP contribution in [0.1, 0.15) is 46.4 Å². The summed E-state index contributed by atoms with van der Waals surface area (Å²) in [6, 6.07) is 8.04. The van der Waals surface area contributed by atoms with Crippen LogP contribution in [0.4, 0.5) is 5.82 Å². The highest BCUT2D eigenvalue weighted by molar-refractivity contribution is 6.06. The Hall–Kier alpha value is -2.67. The number of anilines is 1. The molecule has 3 N–H and O–H groups in total. The second-order valence-corrected chi connectivity index (χ2v) is 8.21. The van der Waals surface area contributed by atoms with Crippen LogP contribution in [-0.2, 0) is 22.5 Å². The van der Waals surface area contributed by atoms with Gasteiger partial charge in [0.2, 0.25) is 0 Å². The second kappa shape index (κ2) is 8.78. The number of unbranched alkanes of at least 4 members (excludes halogenated alkanes) is 1. The molecule has 156 valence electrons. The third-order valence-electron chi connectivity index (χ3n) is 4.68. The van der Waals surface area contributed by atoms with Crippen LogP contribution in [0.2, 0.25) is 0 Å². The van der Waals surface area contributed by atoms with Gasteiger partial charge in [-0.3, -0.25) is 4.79 Å². The van der Waals surface area contributed by atoms with Crippen molar-refractivity contribution in [2.45, 2.75) is 59.1 Å². The number of fused-ring (bicyclic) bond motifs is 3. The minimum absolute atomic E-state index is 0.221. The lowest BCUT2D eigenvalue weighted by molar-refractivity contribution is -0.153. The van der Waals surface area contributed by atoms with E-state index in [1.165, 1.54) is 0 Å². The predicted octanol–water partition coefficient (Wildman–Crippen LogP) is 3.44. The van der Waals surface area contributed by atoms with E-state index in [4.69, 9.17) is 15.5 Å². The number of aryl methyl sites for hydroxylation is 2. The van der Waals surface area contributed by atoms with Crippen LogP contribution in [0.15, 0.2) is 24.3 Å². The first-order valence-electron chi connectivity index (χ1n) is 10.3. The molecule has 29 heavy (non-hydrogen) atoms. The molecular weight excluding hydrogens is 366 g/mol. The summed E-state index contributed by atoms with van der Waals surface area (Å²) in [6.07, 6.45) is 2.75. The highest BCUT2D eigenvalue weighted by atomic mass is 16.6. The van der Waals surface area contributed by atoms with Crippen molar-refractivity contribution < 1.29 is 9.53 Å². The van der Waals surface area contributed by atoms with Crippen molar-refractivity contribution in [3.8, 4) is 0 Å². The lowest BCUT2D eigenvalue weighted by atomic mass is 10.2. The number of nitrogens with two attached hydrogens (primary N) is 1. The average Bonchev–Trinajstić information content (AvgIpc) is 3.03. The molecule has 0 aliphatic carbocycles. The van der Waals surface area contributed by atoms with E-state index in [-0.39, 0.29) is 12.5 Å². The van der Waals surface area contributed by atoms with Gasteiger partial charge in [-0.25, -0.2) is 9.97 Å². The number of carbonyl (C=O) groups is 1. The number of ether oxygens (including phenoxy) is 1. The first kappa shape index (κ1) is 21.0. The Kier molecular flexibility index (Phi) is 6.37. The molecule has 2 heterocycles. The zero-order valence-corrected chi connectivity index (χ0v) is 17.8. The minimum atomic E-state index is -0.447. The highest BCUT2D eigenvalue weighted by Gasteiger charge is 2.17. The third-order valence-corrected chi connectivity index (χ3v) is 4.68. The molecule has 0 aliphatic heterocycles. The van der Waals surface area contributed by atoms with E-state index in [1.54, 1.807) is 0 Å². The summed E-state index contributed by atoms with van der Waals surface area (Å²) in [4.78, 5) is 21.0. The fraction of sp³-hybridized carbons (Fsp3) is 0.500.